The van der Waals surface area contributed by atoms with Gasteiger partial charge in [-0.1, -0.05) is 31.5 Å². The van der Waals surface area contributed by atoms with Gasteiger partial charge in [-0.05, 0) is 37.5 Å². The van der Waals surface area contributed by atoms with Crippen molar-refractivity contribution in [3.63, 3.8) is 0 Å². The molecular weight excluding hydrogens is 284 g/mol. The summed E-state index contributed by atoms with van der Waals surface area (Å²) in [5.74, 6) is 0.0662. The van der Waals surface area contributed by atoms with E-state index in [1.807, 2.05) is 20.8 Å². The molecule has 0 saturated carbocycles. The Hall–Kier alpha value is -0.620. The van der Waals surface area contributed by atoms with Gasteiger partial charge in [0.25, 0.3) is 0 Å². The van der Waals surface area contributed by atoms with Gasteiger partial charge in [-0.25, -0.2) is 13.1 Å². The molecule has 0 bridgehead atoms. The van der Waals surface area contributed by atoms with Crippen LogP contribution in [0.15, 0.2) is 23.1 Å². The first kappa shape index (κ1) is 16.4. The first-order valence-corrected chi connectivity index (χ1v) is 7.98. The number of hydrogen-bond donors (Lipinski definition) is 2. The number of rotatable bonds is 5. The van der Waals surface area contributed by atoms with Crippen LogP contribution in [-0.2, 0) is 10.0 Å². The molecule has 0 amide bonds. The average Bonchev–Trinajstić information content (AvgIpc) is 2.27. The summed E-state index contributed by atoms with van der Waals surface area (Å²) in [6.45, 7) is 7.71. The minimum atomic E-state index is -3.68. The van der Waals surface area contributed by atoms with Crippen LogP contribution < -0.4 is 10.5 Å². The quantitative estimate of drug-likeness (QED) is 0.876. The summed E-state index contributed by atoms with van der Waals surface area (Å²) in [6.07, 6.45) is 0. The zero-order valence-corrected chi connectivity index (χ0v) is 13.3. The van der Waals surface area contributed by atoms with Gasteiger partial charge < -0.3 is 5.73 Å². The number of aryl methyl sites for hydroxylation is 1. The van der Waals surface area contributed by atoms with Crippen LogP contribution in [0.2, 0.25) is 5.02 Å². The minimum absolute atomic E-state index is 0.0662. The average molecular weight is 305 g/mol. The third-order valence-electron chi connectivity index (χ3n) is 3.44. The molecule has 0 saturated heterocycles. The first-order valence-electron chi connectivity index (χ1n) is 6.12. The second kappa shape index (κ2) is 5.79. The Morgan fingerprint density at radius 3 is 2.42 bits per heavy atom. The molecule has 0 heterocycles. The topological polar surface area (TPSA) is 72.2 Å². The standard InChI is InChI=1S/C13H21ClN2O2S/c1-9(2)13(4,8-15)16-19(17,18)12-6-5-10(3)7-11(12)14/h5-7,9,16H,8,15H2,1-4H3. The van der Waals surface area contributed by atoms with E-state index in [4.69, 9.17) is 17.3 Å². The number of benzene rings is 1. The highest BCUT2D eigenvalue weighted by molar-refractivity contribution is 7.89. The van der Waals surface area contributed by atoms with Crippen molar-refractivity contribution in [1.82, 2.24) is 4.72 Å². The lowest BCUT2D eigenvalue weighted by Gasteiger charge is -2.33. The van der Waals surface area contributed by atoms with Crippen molar-refractivity contribution in [1.29, 1.82) is 0 Å². The maximum absolute atomic E-state index is 12.4. The van der Waals surface area contributed by atoms with Crippen LogP contribution in [0.3, 0.4) is 0 Å². The molecule has 6 heteroatoms. The highest BCUT2D eigenvalue weighted by atomic mass is 35.5. The molecule has 1 atom stereocenters. The number of nitrogens with two attached hydrogens (primary N) is 1. The molecular formula is C13H21ClN2O2S. The Morgan fingerprint density at radius 1 is 1.42 bits per heavy atom. The number of nitrogens with one attached hydrogen (secondary N) is 1. The predicted molar refractivity (Wildman–Crippen MR) is 78.8 cm³/mol. The van der Waals surface area contributed by atoms with E-state index in [1.54, 1.807) is 19.1 Å². The molecule has 0 aliphatic heterocycles. The number of hydrogen-bond acceptors (Lipinski definition) is 3. The number of halogens is 1. The van der Waals surface area contributed by atoms with E-state index in [9.17, 15) is 8.42 Å². The third-order valence-corrected chi connectivity index (χ3v) is 5.54. The molecule has 0 spiro atoms. The van der Waals surface area contributed by atoms with Gasteiger partial charge in [0.05, 0.1) is 5.02 Å². The van der Waals surface area contributed by atoms with E-state index in [-0.39, 0.29) is 22.4 Å². The minimum Gasteiger partial charge on any atom is -0.329 e. The van der Waals surface area contributed by atoms with Crippen LogP contribution in [0.1, 0.15) is 26.3 Å². The smallest absolute Gasteiger partial charge is 0.242 e. The summed E-state index contributed by atoms with van der Waals surface area (Å²) in [6, 6.07) is 4.86. The van der Waals surface area contributed by atoms with Gasteiger partial charge in [0.15, 0.2) is 0 Å². The van der Waals surface area contributed by atoms with Gasteiger partial charge in [0.1, 0.15) is 4.90 Å². The molecule has 0 fully saturated rings. The van der Waals surface area contributed by atoms with E-state index in [0.29, 0.717) is 0 Å². The van der Waals surface area contributed by atoms with E-state index in [1.165, 1.54) is 6.07 Å². The fraction of sp³-hybridized carbons (Fsp3) is 0.538. The largest absolute Gasteiger partial charge is 0.329 e. The second-order valence-corrected chi connectivity index (χ2v) is 7.37. The van der Waals surface area contributed by atoms with Crippen LogP contribution in [0.25, 0.3) is 0 Å². The van der Waals surface area contributed by atoms with Crippen LogP contribution in [0.5, 0.6) is 0 Å². The van der Waals surface area contributed by atoms with Gasteiger partial charge in [0, 0.05) is 12.1 Å². The van der Waals surface area contributed by atoms with Crippen LogP contribution in [0.4, 0.5) is 0 Å². The second-order valence-electron chi connectivity index (χ2n) is 5.32. The lowest BCUT2D eigenvalue weighted by Crippen LogP contribution is -2.54. The van der Waals surface area contributed by atoms with Crippen molar-refractivity contribution in [2.24, 2.45) is 11.7 Å². The predicted octanol–water partition coefficient (Wildman–Crippen LogP) is 2.30. The highest BCUT2D eigenvalue weighted by Crippen LogP contribution is 2.25. The molecule has 0 aliphatic rings. The summed E-state index contributed by atoms with van der Waals surface area (Å²) in [5, 5.41) is 0.218. The van der Waals surface area contributed by atoms with Crippen molar-refractivity contribution in [3.05, 3.63) is 28.8 Å². The van der Waals surface area contributed by atoms with E-state index in [0.717, 1.165) is 5.56 Å². The third kappa shape index (κ3) is 3.69. The van der Waals surface area contributed by atoms with Gasteiger partial charge >= 0.3 is 0 Å². The van der Waals surface area contributed by atoms with Crippen molar-refractivity contribution in [2.75, 3.05) is 6.54 Å². The van der Waals surface area contributed by atoms with Gasteiger partial charge in [-0.15, -0.1) is 0 Å². The molecule has 0 aliphatic carbocycles. The van der Waals surface area contributed by atoms with Gasteiger partial charge in [0.2, 0.25) is 10.0 Å². The van der Waals surface area contributed by atoms with Crippen molar-refractivity contribution >= 4 is 21.6 Å². The Balaban J connectivity index is 3.18. The van der Waals surface area contributed by atoms with Crippen LogP contribution >= 0.6 is 11.6 Å². The molecule has 1 rings (SSSR count). The summed E-state index contributed by atoms with van der Waals surface area (Å²) in [5.41, 5.74) is 5.91. The molecule has 0 aromatic heterocycles. The van der Waals surface area contributed by atoms with E-state index < -0.39 is 15.6 Å². The van der Waals surface area contributed by atoms with Crippen molar-refractivity contribution < 1.29 is 8.42 Å². The molecule has 1 aromatic rings. The Bertz CT molecular complexity index is 558. The summed E-state index contributed by atoms with van der Waals surface area (Å²) in [7, 11) is -3.68. The maximum Gasteiger partial charge on any atom is 0.242 e. The SMILES string of the molecule is Cc1ccc(S(=O)(=O)NC(C)(CN)C(C)C)c(Cl)c1. The molecule has 4 nitrogen and oxygen atoms in total. The molecule has 3 N–H and O–H groups in total. The Kier molecular flexibility index (Phi) is 5.01. The lowest BCUT2D eigenvalue weighted by molar-refractivity contribution is 0.315. The van der Waals surface area contributed by atoms with E-state index in [2.05, 4.69) is 4.72 Å². The molecule has 1 unspecified atom stereocenters. The van der Waals surface area contributed by atoms with Crippen LogP contribution in [-0.4, -0.2) is 20.5 Å². The molecule has 0 radical (unpaired) electrons. The normalized spacial score (nSPS) is 15.5. The summed E-state index contributed by atoms with van der Waals surface area (Å²) in [4.78, 5) is 0.0834. The number of sulfonamides is 1. The summed E-state index contributed by atoms with van der Waals surface area (Å²) < 4.78 is 27.4. The molecule has 1 aromatic carbocycles. The Labute approximate surface area is 120 Å². The highest BCUT2D eigenvalue weighted by Gasteiger charge is 2.33. The zero-order valence-electron chi connectivity index (χ0n) is 11.7. The lowest BCUT2D eigenvalue weighted by atomic mass is 9.90. The Morgan fingerprint density at radius 2 is 2.00 bits per heavy atom. The van der Waals surface area contributed by atoms with Crippen LogP contribution in [0, 0.1) is 12.8 Å². The maximum atomic E-state index is 12.4. The summed E-state index contributed by atoms with van der Waals surface area (Å²) >= 11 is 6.02. The van der Waals surface area contributed by atoms with Crippen molar-refractivity contribution in [2.45, 2.75) is 38.1 Å². The first-order chi connectivity index (χ1) is 8.62. The molecule has 19 heavy (non-hydrogen) atoms. The molecule has 108 valence electrons. The monoisotopic (exact) mass is 304 g/mol. The van der Waals surface area contributed by atoms with E-state index >= 15 is 0 Å². The fourth-order valence-corrected chi connectivity index (χ4v) is 3.73. The van der Waals surface area contributed by atoms with Crippen molar-refractivity contribution in [3.8, 4) is 0 Å². The zero-order chi connectivity index (χ0) is 14.8. The van der Waals surface area contributed by atoms with Gasteiger partial charge in [-0.3, -0.25) is 0 Å². The van der Waals surface area contributed by atoms with Gasteiger partial charge in [-0.2, -0.15) is 0 Å². The fourth-order valence-electron chi connectivity index (χ4n) is 1.58.